The number of carbonyl (C=O) groups excluding carboxylic acids is 2. The van der Waals surface area contributed by atoms with E-state index in [2.05, 4.69) is 4.98 Å². The van der Waals surface area contributed by atoms with Crippen molar-refractivity contribution in [2.24, 2.45) is 5.92 Å². The normalized spacial score (nSPS) is 25.0. The topological polar surface area (TPSA) is 72.0 Å². The Hall–Kier alpha value is -3.35. The smallest absolute Gasteiger partial charge is 0.417 e. The number of amides is 2. The second-order valence-electron chi connectivity index (χ2n) is 11.1. The molecule has 2 aromatic rings. The summed E-state index contributed by atoms with van der Waals surface area (Å²) in [6.45, 7) is 2.77. The molecule has 0 radical (unpaired) electrons. The van der Waals surface area contributed by atoms with Crippen molar-refractivity contribution in [3.05, 3.63) is 59.4 Å². The molecule has 1 saturated carbocycles. The highest BCUT2D eigenvalue weighted by Gasteiger charge is 2.55. The molecule has 1 aromatic heterocycles. The van der Waals surface area contributed by atoms with Gasteiger partial charge in [-0.15, -0.1) is 0 Å². The summed E-state index contributed by atoms with van der Waals surface area (Å²) in [5.41, 5.74) is -4.49. The van der Waals surface area contributed by atoms with Crippen molar-refractivity contribution in [3.8, 4) is 5.75 Å². The predicted molar refractivity (Wildman–Crippen MR) is 137 cm³/mol. The average molecular weight is 600 g/mol. The predicted octanol–water partition coefficient (Wildman–Crippen LogP) is 5.59. The SMILES string of the molecule is CC1N(C(=O)c2cnccc2C(F)(F)F)CCC[C@@]1(Oc1ccc(C(F)(F)F)cc1)C(=O)N1CC[C@@H](OCC2CC2)C1. The van der Waals surface area contributed by atoms with E-state index in [0.29, 0.717) is 31.6 Å². The number of ether oxygens (including phenoxy) is 2. The third kappa shape index (κ3) is 6.20. The van der Waals surface area contributed by atoms with Crippen molar-refractivity contribution in [1.29, 1.82) is 0 Å². The van der Waals surface area contributed by atoms with Crippen LogP contribution in [0.15, 0.2) is 42.7 Å². The molecule has 2 aliphatic heterocycles. The minimum atomic E-state index is -4.82. The minimum absolute atomic E-state index is 0.0319. The van der Waals surface area contributed by atoms with E-state index in [0.717, 1.165) is 54.4 Å². The number of pyridine rings is 1. The van der Waals surface area contributed by atoms with Gasteiger partial charge in [-0.25, -0.2) is 0 Å². The molecule has 1 unspecified atom stereocenters. The van der Waals surface area contributed by atoms with Crippen molar-refractivity contribution >= 4 is 11.8 Å². The van der Waals surface area contributed by atoms with Crippen LogP contribution in [0.3, 0.4) is 0 Å². The molecule has 1 aliphatic carbocycles. The van der Waals surface area contributed by atoms with Crippen LogP contribution in [-0.2, 0) is 21.9 Å². The number of nitrogens with zero attached hydrogens (tertiary/aromatic N) is 3. The Bertz CT molecular complexity index is 1300. The van der Waals surface area contributed by atoms with Crippen molar-refractivity contribution < 1.29 is 45.4 Å². The van der Waals surface area contributed by atoms with Crippen LogP contribution in [0, 0.1) is 5.92 Å². The zero-order valence-electron chi connectivity index (χ0n) is 22.9. The fourth-order valence-electron chi connectivity index (χ4n) is 5.67. The number of alkyl halides is 6. The Morgan fingerprint density at radius 1 is 1.00 bits per heavy atom. The first kappa shape index (κ1) is 30.1. The molecule has 2 amide bonds. The van der Waals surface area contributed by atoms with Gasteiger partial charge < -0.3 is 19.3 Å². The second kappa shape index (κ2) is 11.4. The van der Waals surface area contributed by atoms with Crippen LogP contribution in [-0.4, -0.2) is 70.6 Å². The summed E-state index contributed by atoms with van der Waals surface area (Å²) < 4.78 is 92.9. The number of piperidine rings is 1. The summed E-state index contributed by atoms with van der Waals surface area (Å²) in [7, 11) is 0. The number of halogens is 6. The summed E-state index contributed by atoms with van der Waals surface area (Å²) in [6, 6.07) is 3.49. The van der Waals surface area contributed by atoms with Gasteiger partial charge in [0.25, 0.3) is 11.8 Å². The van der Waals surface area contributed by atoms with Gasteiger partial charge in [-0.05, 0) is 68.9 Å². The maximum absolute atomic E-state index is 14.2. The van der Waals surface area contributed by atoms with Gasteiger partial charge in [0.2, 0.25) is 5.60 Å². The van der Waals surface area contributed by atoms with Gasteiger partial charge in [0, 0.05) is 45.1 Å². The molecule has 3 heterocycles. The van der Waals surface area contributed by atoms with Crippen LogP contribution < -0.4 is 4.74 Å². The number of rotatable bonds is 7. The Balaban J connectivity index is 1.46. The van der Waals surface area contributed by atoms with Crippen LogP contribution in [0.25, 0.3) is 0 Å². The number of benzene rings is 1. The number of aromatic nitrogens is 1. The highest BCUT2D eigenvalue weighted by atomic mass is 19.4. The van der Waals surface area contributed by atoms with Crippen LogP contribution in [0.2, 0.25) is 0 Å². The van der Waals surface area contributed by atoms with E-state index in [-0.39, 0.29) is 37.8 Å². The summed E-state index contributed by atoms with van der Waals surface area (Å²) in [6.07, 6.45) is -4.72. The summed E-state index contributed by atoms with van der Waals surface area (Å²) in [5.74, 6) is -0.971. The van der Waals surface area contributed by atoms with E-state index in [1.54, 1.807) is 4.90 Å². The van der Waals surface area contributed by atoms with E-state index < -0.39 is 52.5 Å². The minimum Gasteiger partial charge on any atom is -0.475 e. The lowest BCUT2D eigenvalue weighted by Crippen LogP contribution is -2.67. The van der Waals surface area contributed by atoms with Gasteiger partial charge >= 0.3 is 12.4 Å². The van der Waals surface area contributed by atoms with Gasteiger partial charge in [0.15, 0.2) is 0 Å². The fourth-order valence-corrected chi connectivity index (χ4v) is 5.67. The Morgan fingerprint density at radius 3 is 2.36 bits per heavy atom. The summed E-state index contributed by atoms with van der Waals surface area (Å²) in [4.78, 5) is 34.2. The van der Waals surface area contributed by atoms with Gasteiger partial charge in [-0.2, -0.15) is 26.3 Å². The van der Waals surface area contributed by atoms with Crippen molar-refractivity contribution in [2.75, 3.05) is 26.2 Å². The largest absolute Gasteiger partial charge is 0.475 e. The highest BCUT2D eigenvalue weighted by molar-refractivity contribution is 5.97. The van der Waals surface area contributed by atoms with Gasteiger partial charge in [0.1, 0.15) is 5.75 Å². The van der Waals surface area contributed by atoms with E-state index >= 15 is 0 Å². The van der Waals surface area contributed by atoms with Gasteiger partial charge in [0.05, 0.1) is 28.8 Å². The lowest BCUT2D eigenvalue weighted by molar-refractivity contribution is -0.157. The lowest BCUT2D eigenvalue weighted by Gasteiger charge is -2.48. The van der Waals surface area contributed by atoms with Crippen LogP contribution in [0.1, 0.15) is 60.5 Å². The Labute approximate surface area is 238 Å². The summed E-state index contributed by atoms with van der Waals surface area (Å²) >= 11 is 0. The molecule has 7 nitrogen and oxygen atoms in total. The quantitative estimate of drug-likeness (QED) is 0.389. The molecule has 228 valence electrons. The van der Waals surface area contributed by atoms with Gasteiger partial charge in [-0.1, -0.05) is 0 Å². The molecule has 0 spiro atoms. The van der Waals surface area contributed by atoms with Crippen molar-refractivity contribution in [2.45, 2.75) is 69.1 Å². The number of hydrogen-bond acceptors (Lipinski definition) is 5. The van der Waals surface area contributed by atoms with Crippen LogP contribution in [0.5, 0.6) is 5.75 Å². The molecule has 3 fully saturated rings. The monoisotopic (exact) mass is 599 g/mol. The van der Waals surface area contributed by atoms with Crippen LogP contribution in [0.4, 0.5) is 26.3 Å². The first-order chi connectivity index (χ1) is 19.8. The number of likely N-dealkylation sites (tertiary alicyclic amines) is 2. The number of hydrogen-bond donors (Lipinski definition) is 0. The molecule has 42 heavy (non-hydrogen) atoms. The standard InChI is InChI=1S/C29H31F6N3O4/c1-18-27(42-21-7-5-20(6-8-21)28(30,31)32,26(40)37-14-10-22(16-37)41-17-19-3-4-19)11-2-13-38(18)25(39)23-15-36-12-9-24(23)29(33,34)35/h5-9,12,15,18-19,22H,2-4,10-11,13-14,16-17H2,1H3/t18?,22-,27+/m1/s1. The zero-order valence-corrected chi connectivity index (χ0v) is 22.9. The van der Waals surface area contributed by atoms with E-state index in [1.807, 2.05) is 0 Å². The molecule has 2 saturated heterocycles. The first-order valence-corrected chi connectivity index (χ1v) is 13.9. The molecule has 13 heteroatoms. The van der Waals surface area contributed by atoms with Gasteiger partial charge in [-0.3, -0.25) is 14.6 Å². The fraction of sp³-hybridized carbons (Fsp3) is 0.552. The van der Waals surface area contributed by atoms with Crippen LogP contribution >= 0.6 is 0 Å². The molecule has 1 aromatic carbocycles. The van der Waals surface area contributed by atoms with E-state index in [4.69, 9.17) is 9.47 Å². The number of carbonyl (C=O) groups is 2. The zero-order chi connectivity index (χ0) is 30.3. The second-order valence-corrected chi connectivity index (χ2v) is 11.1. The molecular formula is C29H31F6N3O4. The molecule has 5 rings (SSSR count). The average Bonchev–Trinajstić information content (AvgIpc) is 3.66. The molecular weight excluding hydrogens is 568 g/mol. The maximum atomic E-state index is 14.2. The Kier molecular flexibility index (Phi) is 8.16. The molecule has 3 atom stereocenters. The van der Waals surface area contributed by atoms with E-state index in [1.165, 1.54) is 6.92 Å². The first-order valence-electron chi connectivity index (χ1n) is 13.9. The molecule has 3 aliphatic rings. The Morgan fingerprint density at radius 2 is 1.71 bits per heavy atom. The summed E-state index contributed by atoms with van der Waals surface area (Å²) in [5, 5.41) is 0. The van der Waals surface area contributed by atoms with Crippen molar-refractivity contribution in [3.63, 3.8) is 0 Å². The lowest BCUT2D eigenvalue weighted by atomic mass is 9.82. The third-order valence-electron chi connectivity index (χ3n) is 8.25. The highest BCUT2D eigenvalue weighted by Crippen LogP contribution is 2.39. The van der Waals surface area contributed by atoms with Crippen molar-refractivity contribution in [1.82, 2.24) is 14.8 Å². The molecule has 0 N–H and O–H groups in total. The third-order valence-corrected chi connectivity index (χ3v) is 8.25. The molecule has 0 bridgehead atoms. The maximum Gasteiger partial charge on any atom is 0.417 e. The van der Waals surface area contributed by atoms with E-state index in [9.17, 15) is 35.9 Å².